The van der Waals surface area contributed by atoms with Gasteiger partial charge in [-0.3, -0.25) is 4.79 Å². The molecule has 0 amide bonds. The Morgan fingerprint density at radius 3 is 2.92 bits per heavy atom. The molecule has 0 aliphatic carbocycles. The summed E-state index contributed by atoms with van der Waals surface area (Å²) in [7, 11) is 0. The second kappa shape index (κ2) is 4.45. The van der Waals surface area contributed by atoms with Crippen molar-refractivity contribution < 1.29 is 14.3 Å². The standard InChI is InChI=1S/C9H16O3/c1-7-4-3-5-9(12-7)6-11-8(2)10/h7,9H,3-6H2,1-2H3. The SMILES string of the molecule is CC(=O)OCC1CCCC(C)O1. The molecule has 0 bridgehead atoms. The second-order valence-electron chi connectivity index (χ2n) is 3.30. The molecular formula is C9H16O3. The van der Waals surface area contributed by atoms with Crippen LogP contribution in [0.2, 0.25) is 0 Å². The largest absolute Gasteiger partial charge is 0.463 e. The molecule has 1 aliphatic heterocycles. The number of esters is 1. The zero-order chi connectivity index (χ0) is 8.97. The molecule has 0 saturated carbocycles. The highest BCUT2D eigenvalue weighted by atomic mass is 16.6. The average molecular weight is 172 g/mol. The maximum absolute atomic E-state index is 10.5. The summed E-state index contributed by atoms with van der Waals surface area (Å²) in [6, 6.07) is 0. The summed E-state index contributed by atoms with van der Waals surface area (Å²) < 4.78 is 10.4. The van der Waals surface area contributed by atoms with Crippen LogP contribution in [-0.4, -0.2) is 24.8 Å². The number of hydrogen-bond donors (Lipinski definition) is 0. The molecule has 1 saturated heterocycles. The molecule has 3 nitrogen and oxygen atoms in total. The fourth-order valence-electron chi connectivity index (χ4n) is 1.43. The van der Waals surface area contributed by atoms with Crippen molar-refractivity contribution in [1.82, 2.24) is 0 Å². The first-order chi connectivity index (χ1) is 5.68. The highest BCUT2D eigenvalue weighted by molar-refractivity contribution is 5.65. The van der Waals surface area contributed by atoms with Crippen LogP contribution in [0.4, 0.5) is 0 Å². The molecule has 70 valence electrons. The third kappa shape index (κ3) is 3.22. The lowest BCUT2D eigenvalue weighted by atomic mass is 10.1. The molecule has 1 aliphatic rings. The average Bonchev–Trinajstić information content (AvgIpc) is 2.01. The van der Waals surface area contributed by atoms with Crippen LogP contribution in [-0.2, 0) is 14.3 Å². The van der Waals surface area contributed by atoms with E-state index in [0.717, 1.165) is 12.8 Å². The Kier molecular flexibility index (Phi) is 3.53. The fraction of sp³-hybridized carbons (Fsp3) is 0.889. The molecule has 1 rings (SSSR count). The van der Waals surface area contributed by atoms with Gasteiger partial charge in [-0.1, -0.05) is 0 Å². The molecule has 0 N–H and O–H groups in total. The molecule has 2 atom stereocenters. The van der Waals surface area contributed by atoms with E-state index < -0.39 is 0 Å². The van der Waals surface area contributed by atoms with Crippen LogP contribution in [0.15, 0.2) is 0 Å². The lowest BCUT2D eigenvalue weighted by Crippen LogP contribution is -2.29. The van der Waals surface area contributed by atoms with Crippen molar-refractivity contribution in [3.8, 4) is 0 Å². The lowest BCUT2D eigenvalue weighted by molar-refractivity contribution is -0.148. The first kappa shape index (κ1) is 9.52. The van der Waals surface area contributed by atoms with Crippen LogP contribution < -0.4 is 0 Å². The number of carbonyl (C=O) groups excluding carboxylic acids is 1. The Morgan fingerprint density at radius 1 is 1.58 bits per heavy atom. The molecule has 0 aromatic heterocycles. The summed E-state index contributed by atoms with van der Waals surface area (Å²) in [6.45, 7) is 3.89. The fourth-order valence-corrected chi connectivity index (χ4v) is 1.43. The van der Waals surface area contributed by atoms with Gasteiger partial charge in [0.1, 0.15) is 6.61 Å². The Morgan fingerprint density at radius 2 is 2.33 bits per heavy atom. The van der Waals surface area contributed by atoms with Crippen molar-refractivity contribution in [2.75, 3.05) is 6.61 Å². The van der Waals surface area contributed by atoms with E-state index in [9.17, 15) is 4.79 Å². The van der Waals surface area contributed by atoms with Crippen LogP contribution in [0.5, 0.6) is 0 Å². The number of carbonyl (C=O) groups is 1. The second-order valence-corrected chi connectivity index (χ2v) is 3.30. The lowest BCUT2D eigenvalue weighted by Gasteiger charge is -2.27. The van der Waals surface area contributed by atoms with E-state index in [4.69, 9.17) is 9.47 Å². The van der Waals surface area contributed by atoms with E-state index >= 15 is 0 Å². The van der Waals surface area contributed by atoms with E-state index in [1.807, 2.05) is 0 Å². The Hall–Kier alpha value is -0.570. The van der Waals surface area contributed by atoms with Gasteiger partial charge in [-0.05, 0) is 26.2 Å². The van der Waals surface area contributed by atoms with Gasteiger partial charge in [0.05, 0.1) is 12.2 Å². The van der Waals surface area contributed by atoms with Gasteiger partial charge < -0.3 is 9.47 Å². The summed E-state index contributed by atoms with van der Waals surface area (Å²) in [5.41, 5.74) is 0. The van der Waals surface area contributed by atoms with Gasteiger partial charge in [0.25, 0.3) is 0 Å². The van der Waals surface area contributed by atoms with Crippen LogP contribution >= 0.6 is 0 Å². The Labute approximate surface area is 73.0 Å². The van der Waals surface area contributed by atoms with E-state index in [2.05, 4.69) is 6.92 Å². The third-order valence-corrected chi connectivity index (χ3v) is 2.03. The zero-order valence-corrected chi connectivity index (χ0v) is 7.71. The third-order valence-electron chi connectivity index (χ3n) is 2.03. The highest BCUT2D eigenvalue weighted by Gasteiger charge is 2.19. The van der Waals surface area contributed by atoms with Crippen molar-refractivity contribution in [3.05, 3.63) is 0 Å². The predicted molar refractivity (Wildman–Crippen MR) is 44.8 cm³/mol. The van der Waals surface area contributed by atoms with E-state index in [0.29, 0.717) is 12.7 Å². The monoisotopic (exact) mass is 172 g/mol. The van der Waals surface area contributed by atoms with Gasteiger partial charge >= 0.3 is 5.97 Å². The molecule has 0 aromatic carbocycles. The molecule has 0 radical (unpaired) electrons. The van der Waals surface area contributed by atoms with E-state index in [1.165, 1.54) is 13.3 Å². The van der Waals surface area contributed by atoms with Crippen molar-refractivity contribution in [2.24, 2.45) is 0 Å². The van der Waals surface area contributed by atoms with Crippen molar-refractivity contribution in [1.29, 1.82) is 0 Å². The summed E-state index contributed by atoms with van der Waals surface area (Å²) in [4.78, 5) is 10.5. The minimum Gasteiger partial charge on any atom is -0.463 e. The van der Waals surface area contributed by atoms with E-state index in [1.54, 1.807) is 0 Å². The molecule has 1 fully saturated rings. The normalized spacial score (nSPS) is 29.8. The molecule has 3 heteroatoms. The summed E-state index contributed by atoms with van der Waals surface area (Å²) in [5.74, 6) is -0.225. The first-order valence-electron chi connectivity index (χ1n) is 4.47. The van der Waals surface area contributed by atoms with Crippen LogP contribution in [0.1, 0.15) is 33.1 Å². The summed E-state index contributed by atoms with van der Waals surface area (Å²) in [5, 5.41) is 0. The van der Waals surface area contributed by atoms with Gasteiger partial charge in [0.2, 0.25) is 0 Å². The number of ether oxygens (including phenoxy) is 2. The molecule has 2 unspecified atom stereocenters. The summed E-state index contributed by atoms with van der Waals surface area (Å²) in [6.07, 6.45) is 3.75. The quantitative estimate of drug-likeness (QED) is 0.592. The van der Waals surface area contributed by atoms with Gasteiger partial charge in [-0.25, -0.2) is 0 Å². The molecule has 0 spiro atoms. The number of hydrogen-bond acceptors (Lipinski definition) is 3. The Balaban J connectivity index is 2.18. The van der Waals surface area contributed by atoms with Crippen LogP contribution in [0.25, 0.3) is 0 Å². The maximum atomic E-state index is 10.5. The zero-order valence-electron chi connectivity index (χ0n) is 7.71. The first-order valence-corrected chi connectivity index (χ1v) is 4.47. The number of rotatable bonds is 2. The highest BCUT2D eigenvalue weighted by Crippen LogP contribution is 2.18. The molecule has 0 aromatic rings. The predicted octanol–water partition coefficient (Wildman–Crippen LogP) is 1.51. The van der Waals surface area contributed by atoms with Crippen molar-refractivity contribution >= 4 is 5.97 Å². The van der Waals surface area contributed by atoms with Gasteiger partial charge in [-0.15, -0.1) is 0 Å². The smallest absolute Gasteiger partial charge is 0.302 e. The van der Waals surface area contributed by atoms with Gasteiger partial charge in [-0.2, -0.15) is 0 Å². The van der Waals surface area contributed by atoms with Crippen molar-refractivity contribution in [3.63, 3.8) is 0 Å². The minimum absolute atomic E-state index is 0.123. The molecule has 1 heterocycles. The topological polar surface area (TPSA) is 35.5 Å². The van der Waals surface area contributed by atoms with Crippen LogP contribution in [0, 0.1) is 0 Å². The van der Waals surface area contributed by atoms with Crippen molar-refractivity contribution in [2.45, 2.75) is 45.3 Å². The minimum atomic E-state index is -0.225. The summed E-state index contributed by atoms with van der Waals surface area (Å²) >= 11 is 0. The Bertz CT molecular complexity index is 156. The van der Waals surface area contributed by atoms with Gasteiger partial charge in [0, 0.05) is 6.92 Å². The maximum Gasteiger partial charge on any atom is 0.302 e. The molecule has 12 heavy (non-hydrogen) atoms. The van der Waals surface area contributed by atoms with Crippen LogP contribution in [0.3, 0.4) is 0 Å². The molecular weight excluding hydrogens is 156 g/mol. The van der Waals surface area contributed by atoms with E-state index in [-0.39, 0.29) is 12.1 Å². The van der Waals surface area contributed by atoms with Gasteiger partial charge in [0.15, 0.2) is 0 Å².